The Hall–Kier alpha value is -1.39. The largest absolute Gasteiger partial charge is 0.490 e. The quantitative estimate of drug-likeness (QED) is 0.755. The van der Waals surface area contributed by atoms with Crippen LogP contribution in [0.4, 0.5) is 0 Å². The Bertz CT molecular complexity index is 415. The summed E-state index contributed by atoms with van der Waals surface area (Å²) in [5, 5.41) is 9.34. The zero-order valence-corrected chi connectivity index (χ0v) is 10.5. The van der Waals surface area contributed by atoms with Crippen molar-refractivity contribution >= 4 is 5.78 Å². The highest BCUT2D eigenvalue weighted by molar-refractivity contribution is 5.97. The highest BCUT2D eigenvalue weighted by Gasteiger charge is 2.12. The van der Waals surface area contributed by atoms with Gasteiger partial charge in [0.2, 0.25) is 0 Å². The molecule has 1 aromatic carbocycles. The second-order valence-electron chi connectivity index (χ2n) is 4.19. The first kappa shape index (κ1) is 13.7. The highest BCUT2D eigenvalue weighted by atomic mass is 16.5. The van der Waals surface area contributed by atoms with Crippen molar-refractivity contribution in [2.75, 3.05) is 13.2 Å². The lowest BCUT2D eigenvalue weighted by Crippen LogP contribution is -2.27. The van der Waals surface area contributed by atoms with Crippen LogP contribution < -0.4 is 10.5 Å². The number of benzene rings is 1. The number of rotatable bonds is 5. The summed E-state index contributed by atoms with van der Waals surface area (Å²) in [5.41, 5.74) is 7.92. The molecule has 3 N–H and O–H groups in total. The summed E-state index contributed by atoms with van der Waals surface area (Å²) in [4.78, 5) is 11.5. The summed E-state index contributed by atoms with van der Waals surface area (Å²) in [6, 6.07) is 3.62. The van der Waals surface area contributed by atoms with E-state index in [2.05, 4.69) is 0 Å². The van der Waals surface area contributed by atoms with Crippen LogP contribution >= 0.6 is 0 Å². The molecule has 4 heteroatoms. The number of aliphatic hydroxyl groups is 1. The Labute approximate surface area is 101 Å². The molecule has 94 valence electrons. The fourth-order valence-electron chi connectivity index (χ4n) is 1.44. The molecular formula is C13H19NO3. The molecule has 1 atom stereocenters. The third-order valence-electron chi connectivity index (χ3n) is 2.68. The lowest BCUT2D eigenvalue weighted by atomic mass is 10.0. The minimum absolute atomic E-state index is 0.0506. The number of hydrogen-bond donors (Lipinski definition) is 2. The zero-order chi connectivity index (χ0) is 13.0. The average Bonchev–Trinajstić information content (AvgIpc) is 2.29. The molecule has 0 unspecified atom stereocenters. The molecule has 0 aliphatic heterocycles. The monoisotopic (exact) mass is 237 g/mol. The molecule has 1 aromatic rings. The van der Waals surface area contributed by atoms with Crippen molar-refractivity contribution in [2.45, 2.75) is 26.9 Å². The van der Waals surface area contributed by atoms with E-state index in [0.29, 0.717) is 11.3 Å². The minimum atomic E-state index is -0.712. The summed E-state index contributed by atoms with van der Waals surface area (Å²) < 4.78 is 5.44. The minimum Gasteiger partial charge on any atom is -0.490 e. The molecule has 17 heavy (non-hydrogen) atoms. The molecule has 0 radical (unpaired) electrons. The van der Waals surface area contributed by atoms with Gasteiger partial charge in [0.1, 0.15) is 18.5 Å². The van der Waals surface area contributed by atoms with Crippen LogP contribution in [0.2, 0.25) is 0 Å². The van der Waals surface area contributed by atoms with Gasteiger partial charge in [0.15, 0.2) is 5.78 Å². The van der Waals surface area contributed by atoms with Crippen molar-refractivity contribution < 1.29 is 14.6 Å². The molecule has 0 saturated carbocycles. The highest BCUT2D eigenvalue weighted by Crippen LogP contribution is 2.23. The predicted octanol–water partition coefficient (Wildman–Crippen LogP) is 1.20. The van der Waals surface area contributed by atoms with Crippen molar-refractivity contribution in [1.29, 1.82) is 0 Å². The molecule has 0 aliphatic rings. The van der Waals surface area contributed by atoms with Crippen molar-refractivity contribution in [2.24, 2.45) is 5.73 Å². The van der Waals surface area contributed by atoms with Crippen LogP contribution in [0.1, 0.15) is 28.4 Å². The molecule has 0 amide bonds. The number of Topliss-reactive ketones (excluding diaryl/α,β-unsaturated/α-hetero) is 1. The van der Waals surface area contributed by atoms with E-state index >= 15 is 0 Å². The molecule has 4 nitrogen and oxygen atoms in total. The van der Waals surface area contributed by atoms with Gasteiger partial charge < -0.3 is 15.6 Å². The summed E-state index contributed by atoms with van der Waals surface area (Å²) in [5.74, 6) is 0.457. The summed E-state index contributed by atoms with van der Waals surface area (Å²) in [6.07, 6.45) is -0.712. The second kappa shape index (κ2) is 5.80. The van der Waals surface area contributed by atoms with Crippen LogP contribution in [0, 0.1) is 13.8 Å². The Morgan fingerprint density at radius 1 is 1.41 bits per heavy atom. The van der Waals surface area contributed by atoms with E-state index in [4.69, 9.17) is 10.5 Å². The Morgan fingerprint density at radius 3 is 2.53 bits per heavy atom. The molecular weight excluding hydrogens is 218 g/mol. The van der Waals surface area contributed by atoms with Gasteiger partial charge in [0, 0.05) is 6.54 Å². The Morgan fingerprint density at radius 2 is 2.00 bits per heavy atom. The van der Waals surface area contributed by atoms with Gasteiger partial charge in [-0.1, -0.05) is 0 Å². The second-order valence-corrected chi connectivity index (χ2v) is 4.19. The molecule has 0 heterocycles. The molecule has 0 bridgehead atoms. The number of hydrogen-bond acceptors (Lipinski definition) is 4. The van der Waals surface area contributed by atoms with Crippen LogP contribution in [0.25, 0.3) is 0 Å². The SMILES string of the molecule is CC(=O)c1cc(C)c(C)cc1OC[C@@H](O)CN. The normalized spacial score (nSPS) is 12.3. The number of aliphatic hydroxyl groups excluding tert-OH is 1. The van der Waals surface area contributed by atoms with Gasteiger partial charge in [0.25, 0.3) is 0 Å². The van der Waals surface area contributed by atoms with Crippen molar-refractivity contribution in [1.82, 2.24) is 0 Å². The lowest BCUT2D eigenvalue weighted by Gasteiger charge is -2.14. The van der Waals surface area contributed by atoms with Crippen LogP contribution in [0.3, 0.4) is 0 Å². The van der Waals surface area contributed by atoms with Crippen molar-refractivity contribution in [3.63, 3.8) is 0 Å². The lowest BCUT2D eigenvalue weighted by molar-refractivity contribution is 0.0988. The predicted molar refractivity (Wildman–Crippen MR) is 66.5 cm³/mol. The van der Waals surface area contributed by atoms with Crippen molar-refractivity contribution in [3.05, 3.63) is 28.8 Å². The first-order valence-electron chi connectivity index (χ1n) is 5.58. The topological polar surface area (TPSA) is 72.5 Å². The van der Waals surface area contributed by atoms with Gasteiger partial charge in [-0.15, -0.1) is 0 Å². The number of nitrogens with two attached hydrogens (primary N) is 1. The van der Waals surface area contributed by atoms with E-state index in [9.17, 15) is 9.90 Å². The number of ether oxygens (including phenoxy) is 1. The molecule has 1 rings (SSSR count). The summed E-state index contributed by atoms with van der Waals surface area (Å²) >= 11 is 0. The van der Waals surface area contributed by atoms with Gasteiger partial charge in [0.05, 0.1) is 5.56 Å². The average molecular weight is 237 g/mol. The number of carbonyl (C=O) groups is 1. The Balaban J connectivity index is 2.96. The van der Waals surface area contributed by atoms with E-state index in [1.165, 1.54) is 6.92 Å². The molecule has 0 spiro atoms. The van der Waals surface area contributed by atoms with E-state index in [1.807, 2.05) is 26.0 Å². The number of ketones is 1. The summed E-state index contributed by atoms with van der Waals surface area (Å²) in [7, 11) is 0. The first-order valence-corrected chi connectivity index (χ1v) is 5.58. The maximum atomic E-state index is 11.5. The van der Waals surface area contributed by atoms with E-state index in [-0.39, 0.29) is 18.9 Å². The zero-order valence-electron chi connectivity index (χ0n) is 10.5. The van der Waals surface area contributed by atoms with E-state index < -0.39 is 6.10 Å². The fourth-order valence-corrected chi connectivity index (χ4v) is 1.44. The molecule has 0 saturated heterocycles. The third-order valence-corrected chi connectivity index (χ3v) is 2.68. The van der Waals surface area contributed by atoms with E-state index in [0.717, 1.165) is 11.1 Å². The molecule has 0 aromatic heterocycles. The standard InChI is InChI=1S/C13H19NO3/c1-8-4-12(10(3)15)13(5-9(8)2)17-7-11(16)6-14/h4-5,11,16H,6-7,14H2,1-3H3/t11-/m0/s1. The third kappa shape index (κ3) is 3.54. The van der Waals surface area contributed by atoms with Gasteiger partial charge in [-0.05, 0) is 44.0 Å². The van der Waals surface area contributed by atoms with Crippen LogP contribution in [-0.4, -0.2) is 30.1 Å². The van der Waals surface area contributed by atoms with E-state index in [1.54, 1.807) is 0 Å². The summed E-state index contributed by atoms with van der Waals surface area (Å²) in [6.45, 7) is 5.63. The maximum absolute atomic E-state index is 11.5. The first-order chi connectivity index (χ1) is 7.95. The van der Waals surface area contributed by atoms with Crippen LogP contribution in [0.15, 0.2) is 12.1 Å². The van der Waals surface area contributed by atoms with Gasteiger partial charge >= 0.3 is 0 Å². The number of carbonyl (C=O) groups excluding carboxylic acids is 1. The van der Waals surface area contributed by atoms with Crippen LogP contribution in [-0.2, 0) is 0 Å². The van der Waals surface area contributed by atoms with Gasteiger partial charge in [-0.2, -0.15) is 0 Å². The van der Waals surface area contributed by atoms with Crippen LogP contribution in [0.5, 0.6) is 5.75 Å². The molecule has 0 fully saturated rings. The Kier molecular flexibility index (Phi) is 4.66. The maximum Gasteiger partial charge on any atom is 0.163 e. The number of aryl methyl sites for hydroxylation is 2. The fraction of sp³-hybridized carbons (Fsp3) is 0.462. The van der Waals surface area contributed by atoms with Gasteiger partial charge in [-0.25, -0.2) is 0 Å². The van der Waals surface area contributed by atoms with Crippen molar-refractivity contribution in [3.8, 4) is 5.75 Å². The smallest absolute Gasteiger partial charge is 0.163 e. The molecule has 0 aliphatic carbocycles. The van der Waals surface area contributed by atoms with Gasteiger partial charge in [-0.3, -0.25) is 4.79 Å².